The largest absolute Gasteiger partial charge is 0.481 e. The molecule has 0 aliphatic rings. The van der Waals surface area contributed by atoms with Gasteiger partial charge >= 0.3 is 5.97 Å². The summed E-state index contributed by atoms with van der Waals surface area (Å²) in [6.07, 6.45) is 0. The SMILES string of the molecule is CC(CNc1ccc([N+](=O)[O-])cc1I)C(=O)O. The predicted octanol–water partition coefficient (Wildman–Crippen LogP) is 2.33. The number of hydrogen-bond acceptors (Lipinski definition) is 4. The number of aliphatic carboxylic acids is 1. The summed E-state index contributed by atoms with van der Waals surface area (Å²) in [5, 5.41) is 22.2. The van der Waals surface area contributed by atoms with Crippen molar-refractivity contribution in [3.63, 3.8) is 0 Å². The topological polar surface area (TPSA) is 92.5 Å². The number of non-ortho nitro benzene ring substituents is 1. The van der Waals surface area contributed by atoms with Gasteiger partial charge in [0, 0.05) is 27.9 Å². The van der Waals surface area contributed by atoms with Crippen LogP contribution >= 0.6 is 22.6 Å². The molecule has 17 heavy (non-hydrogen) atoms. The lowest BCUT2D eigenvalue weighted by Crippen LogP contribution is -2.19. The lowest BCUT2D eigenvalue weighted by atomic mass is 10.2. The Balaban J connectivity index is 2.73. The molecule has 0 amide bonds. The summed E-state index contributed by atoms with van der Waals surface area (Å²) >= 11 is 1.97. The molecule has 1 aromatic carbocycles. The maximum atomic E-state index is 10.6. The molecule has 1 rings (SSSR count). The van der Waals surface area contributed by atoms with Crippen LogP contribution in [-0.2, 0) is 4.79 Å². The van der Waals surface area contributed by atoms with Gasteiger partial charge in [-0.3, -0.25) is 14.9 Å². The molecule has 7 heteroatoms. The van der Waals surface area contributed by atoms with Gasteiger partial charge in [0.05, 0.1) is 10.8 Å². The number of carboxylic acid groups (broad SMARTS) is 1. The zero-order valence-corrected chi connectivity index (χ0v) is 11.2. The van der Waals surface area contributed by atoms with Crippen LogP contribution in [0, 0.1) is 19.6 Å². The van der Waals surface area contributed by atoms with Crippen LogP contribution in [0.3, 0.4) is 0 Å². The van der Waals surface area contributed by atoms with Crippen molar-refractivity contribution in [1.82, 2.24) is 0 Å². The monoisotopic (exact) mass is 350 g/mol. The van der Waals surface area contributed by atoms with Gasteiger partial charge in [0.25, 0.3) is 5.69 Å². The first-order valence-electron chi connectivity index (χ1n) is 4.82. The third-order valence-corrected chi connectivity index (χ3v) is 3.08. The summed E-state index contributed by atoms with van der Waals surface area (Å²) < 4.78 is 0.689. The lowest BCUT2D eigenvalue weighted by Gasteiger charge is -2.10. The zero-order chi connectivity index (χ0) is 13.0. The van der Waals surface area contributed by atoms with Gasteiger partial charge in [0.15, 0.2) is 0 Å². The standard InChI is InChI=1S/C10H11IN2O4/c1-6(10(14)15)5-12-9-3-2-7(13(16)17)4-8(9)11/h2-4,6,12H,5H2,1H3,(H,14,15). The number of anilines is 1. The van der Waals surface area contributed by atoms with Crippen molar-refractivity contribution in [3.05, 3.63) is 31.9 Å². The van der Waals surface area contributed by atoms with Gasteiger partial charge in [-0.1, -0.05) is 6.92 Å². The van der Waals surface area contributed by atoms with Gasteiger partial charge in [-0.25, -0.2) is 0 Å². The molecule has 0 aliphatic carbocycles. The summed E-state index contributed by atoms with van der Waals surface area (Å²) in [6.45, 7) is 1.87. The van der Waals surface area contributed by atoms with Gasteiger partial charge < -0.3 is 10.4 Å². The van der Waals surface area contributed by atoms with E-state index in [-0.39, 0.29) is 12.2 Å². The number of nitrogens with one attached hydrogen (secondary N) is 1. The highest BCUT2D eigenvalue weighted by Gasteiger charge is 2.12. The first-order chi connectivity index (χ1) is 7.91. The van der Waals surface area contributed by atoms with Crippen LogP contribution in [0.4, 0.5) is 11.4 Å². The van der Waals surface area contributed by atoms with E-state index in [2.05, 4.69) is 5.32 Å². The van der Waals surface area contributed by atoms with E-state index in [9.17, 15) is 14.9 Å². The lowest BCUT2D eigenvalue weighted by molar-refractivity contribution is -0.384. The molecule has 0 spiro atoms. The van der Waals surface area contributed by atoms with Gasteiger partial charge in [0.2, 0.25) is 0 Å². The molecule has 6 nitrogen and oxygen atoms in total. The van der Waals surface area contributed by atoms with Gasteiger partial charge in [0.1, 0.15) is 0 Å². The van der Waals surface area contributed by atoms with Gasteiger partial charge in [-0.05, 0) is 28.7 Å². The van der Waals surface area contributed by atoms with Crippen LogP contribution in [0.5, 0.6) is 0 Å². The van der Waals surface area contributed by atoms with Crippen LogP contribution in [0.1, 0.15) is 6.92 Å². The number of nitrogens with zero attached hydrogens (tertiary/aromatic N) is 1. The van der Waals surface area contributed by atoms with Crippen molar-refractivity contribution in [2.75, 3.05) is 11.9 Å². The molecule has 0 radical (unpaired) electrons. The number of hydrogen-bond donors (Lipinski definition) is 2. The second-order valence-electron chi connectivity index (χ2n) is 3.54. The van der Waals surface area contributed by atoms with E-state index < -0.39 is 16.8 Å². The Kier molecular flexibility index (Phi) is 4.67. The maximum absolute atomic E-state index is 10.6. The third-order valence-electron chi connectivity index (χ3n) is 2.18. The van der Waals surface area contributed by atoms with E-state index in [0.29, 0.717) is 9.26 Å². The molecule has 0 saturated heterocycles. The van der Waals surface area contributed by atoms with E-state index in [1.165, 1.54) is 12.1 Å². The van der Waals surface area contributed by atoms with Crippen molar-refractivity contribution in [2.45, 2.75) is 6.92 Å². The summed E-state index contributed by atoms with van der Waals surface area (Å²) in [7, 11) is 0. The summed E-state index contributed by atoms with van der Waals surface area (Å²) in [5.41, 5.74) is 0.718. The molecule has 0 bridgehead atoms. The summed E-state index contributed by atoms with van der Waals surface area (Å²) in [4.78, 5) is 20.7. The Morgan fingerprint density at radius 1 is 1.65 bits per heavy atom. The summed E-state index contributed by atoms with van der Waals surface area (Å²) in [5.74, 6) is -1.39. The van der Waals surface area contributed by atoms with Crippen molar-refractivity contribution >= 4 is 39.9 Å². The van der Waals surface area contributed by atoms with Gasteiger partial charge in [-0.15, -0.1) is 0 Å². The molecule has 0 aromatic heterocycles. The second kappa shape index (κ2) is 5.80. The molecule has 0 aliphatic heterocycles. The number of nitro benzene ring substituents is 1. The van der Waals surface area contributed by atoms with Crippen molar-refractivity contribution in [2.24, 2.45) is 5.92 Å². The van der Waals surface area contributed by atoms with E-state index in [1.54, 1.807) is 13.0 Å². The van der Waals surface area contributed by atoms with Gasteiger partial charge in [-0.2, -0.15) is 0 Å². The Labute approximate surface area is 111 Å². The highest BCUT2D eigenvalue weighted by molar-refractivity contribution is 14.1. The smallest absolute Gasteiger partial charge is 0.308 e. The predicted molar refractivity (Wildman–Crippen MR) is 71.1 cm³/mol. The van der Waals surface area contributed by atoms with Crippen LogP contribution < -0.4 is 5.32 Å². The Morgan fingerprint density at radius 2 is 2.29 bits per heavy atom. The highest BCUT2D eigenvalue weighted by atomic mass is 127. The fourth-order valence-corrected chi connectivity index (χ4v) is 1.80. The number of rotatable bonds is 5. The van der Waals surface area contributed by atoms with Crippen LogP contribution in [-0.4, -0.2) is 22.5 Å². The van der Waals surface area contributed by atoms with Crippen LogP contribution in [0.2, 0.25) is 0 Å². The second-order valence-corrected chi connectivity index (χ2v) is 4.70. The number of benzene rings is 1. The van der Waals surface area contributed by atoms with Crippen LogP contribution in [0.15, 0.2) is 18.2 Å². The number of carboxylic acids is 1. The minimum Gasteiger partial charge on any atom is -0.481 e. The van der Waals surface area contributed by atoms with Crippen molar-refractivity contribution in [3.8, 4) is 0 Å². The van der Waals surface area contributed by atoms with E-state index in [1.807, 2.05) is 22.6 Å². The number of carbonyl (C=O) groups is 1. The minimum atomic E-state index is -0.880. The highest BCUT2D eigenvalue weighted by Crippen LogP contribution is 2.23. The molecular weight excluding hydrogens is 339 g/mol. The quantitative estimate of drug-likeness (QED) is 0.483. The maximum Gasteiger partial charge on any atom is 0.308 e. The average Bonchev–Trinajstić information content (AvgIpc) is 2.26. The molecule has 1 unspecified atom stereocenters. The molecule has 92 valence electrons. The first-order valence-corrected chi connectivity index (χ1v) is 5.90. The fourth-order valence-electron chi connectivity index (χ4n) is 1.11. The number of nitro groups is 1. The van der Waals surface area contributed by atoms with Crippen LogP contribution in [0.25, 0.3) is 0 Å². The first kappa shape index (κ1) is 13.7. The Bertz CT molecular complexity index is 450. The van der Waals surface area contributed by atoms with E-state index >= 15 is 0 Å². The number of halogens is 1. The minimum absolute atomic E-state index is 0.0197. The normalized spacial score (nSPS) is 11.9. The molecule has 1 atom stereocenters. The Morgan fingerprint density at radius 3 is 2.76 bits per heavy atom. The van der Waals surface area contributed by atoms with E-state index in [4.69, 9.17) is 5.11 Å². The van der Waals surface area contributed by atoms with Crippen molar-refractivity contribution in [1.29, 1.82) is 0 Å². The average molecular weight is 350 g/mol. The molecule has 0 saturated carbocycles. The molecule has 0 heterocycles. The summed E-state index contributed by atoms with van der Waals surface area (Å²) in [6, 6.07) is 4.40. The zero-order valence-electron chi connectivity index (χ0n) is 9.01. The Hall–Kier alpha value is -1.38. The molecule has 1 aromatic rings. The fraction of sp³-hybridized carbons (Fsp3) is 0.300. The molecule has 2 N–H and O–H groups in total. The van der Waals surface area contributed by atoms with Crippen molar-refractivity contribution < 1.29 is 14.8 Å². The molecular formula is C10H11IN2O4. The molecule has 0 fully saturated rings. The van der Waals surface area contributed by atoms with E-state index in [0.717, 1.165) is 0 Å². The third kappa shape index (κ3) is 3.84.